The Kier molecular flexibility index (Phi) is 12.2. The van der Waals surface area contributed by atoms with Crippen molar-refractivity contribution in [3.05, 3.63) is 97.1 Å². The summed E-state index contributed by atoms with van der Waals surface area (Å²) >= 11 is 3.75. The number of fused-ring (bicyclic) bond motifs is 1. The van der Waals surface area contributed by atoms with Crippen molar-refractivity contribution in [2.75, 3.05) is 20.2 Å². The quantitative estimate of drug-likeness (QED) is 0.148. The number of nitrogens with zero attached hydrogens (tertiary/aromatic N) is 3. The van der Waals surface area contributed by atoms with Crippen molar-refractivity contribution in [2.45, 2.75) is 93.3 Å². The fourth-order valence-corrected chi connectivity index (χ4v) is 9.06. The Balaban J connectivity index is 1.55. The number of likely N-dealkylation sites (N-methyl/N-ethyl adjacent to an activating group) is 1. The zero-order valence-electron chi connectivity index (χ0n) is 29.9. The van der Waals surface area contributed by atoms with Gasteiger partial charge in [0.05, 0.1) is 36.6 Å². The molecule has 0 aliphatic carbocycles. The van der Waals surface area contributed by atoms with Crippen LogP contribution < -0.4 is 0 Å². The van der Waals surface area contributed by atoms with Crippen LogP contribution >= 0.6 is 15.9 Å². The number of likely N-dealkylation sites (tertiary alicyclic amines) is 1. The largest absolute Gasteiger partial charge is 0.455 e. The Hall–Kier alpha value is -3.80. The first-order valence-corrected chi connectivity index (χ1v) is 18.7. The number of hydrogen-bond acceptors (Lipinski definition) is 7. The maximum atomic E-state index is 14.9. The van der Waals surface area contributed by atoms with E-state index in [1.165, 1.54) is 4.90 Å². The number of alkyl halides is 1. The number of benzene rings is 2. The Morgan fingerprint density at radius 3 is 2.31 bits per heavy atom. The van der Waals surface area contributed by atoms with Crippen LogP contribution in [0, 0.1) is 11.8 Å². The number of hydrogen-bond donors (Lipinski definition) is 1. The number of esters is 1. The third-order valence-corrected chi connectivity index (χ3v) is 11.6. The van der Waals surface area contributed by atoms with Gasteiger partial charge in [-0.15, -0.1) is 13.2 Å². The standard InChI is InChI=1S/C40H50BrN3O7/c1-7-9-20-31(46)42(6)26(5)34(28-18-14-11-15-19-28)50-39(49)32-33-37(47)44(29(24-45)22-27-16-12-10-13-17-27)36(38(48)43(21-8-2)25(3)4)40(33)23-30(41)35(32)51-40/h7-8,10-19,25-26,29-30,32-36,45H,1-2,9,20-24H2,3-6H3/t26-,29-,30?,32-,33+,34+,35-,36-,40+/m1/s1. The molecule has 2 bridgehead atoms. The van der Waals surface area contributed by atoms with Gasteiger partial charge in [-0.3, -0.25) is 19.2 Å². The van der Waals surface area contributed by atoms with Gasteiger partial charge >= 0.3 is 5.97 Å². The van der Waals surface area contributed by atoms with Gasteiger partial charge in [-0.25, -0.2) is 0 Å². The minimum Gasteiger partial charge on any atom is -0.455 e. The van der Waals surface area contributed by atoms with E-state index in [1.54, 1.807) is 29.0 Å². The van der Waals surface area contributed by atoms with Crippen molar-refractivity contribution < 1.29 is 33.8 Å². The van der Waals surface area contributed by atoms with Crippen molar-refractivity contribution >= 4 is 39.6 Å². The van der Waals surface area contributed by atoms with Crippen molar-refractivity contribution in [1.82, 2.24) is 14.7 Å². The summed E-state index contributed by atoms with van der Waals surface area (Å²) in [7, 11) is 1.68. The monoisotopic (exact) mass is 763 g/mol. The normalized spacial score (nSPS) is 26.7. The van der Waals surface area contributed by atoms with Crippen molar-refractivity contribution in [1.29, 1.82) is 0 Å². The molecular weight excluding hydrogens is 714 g/mol. The van der Waals surface area contributed by atoms with Gasteiger partial charge in [-0.2, -0.15) is 0 Å². The second kappa shape index (κ2) is 16.3. The maximum absolute atomic E-state index is 14.9. The maximum Gasteiger partial charge on any atom is 0.313 e. The highest BCUT2D eigenvalue weighted by molar-refractivity contribution is 9.09. The molecule has 1 spiro atoms. The Labute approximate surface area is 309 Å². The lowest BCUT2D eigenvalue weighted by atomic mass is 9.70. The molecule has 3 heterocycles. The van der Waals surface area contributed by atoms with Crippen LogP contribution in [0.25, 0.3) is 0 Å². The molecule has 0 radical (unpaired) electrons. The summed E-state index contributed by atoms with van der Waals surface area (Å²) in [5, 5.41) is 10.8. The molecule has 3 saturated heterocycles. The minimum atomic E-state index is -1.35. The highest BCUT2D eigenvalue weighted by atomic mass is 79.9. The van der Waals surface area contributed by atoms with Gasteiger partial charge < -0.3 is 29.3 Å². The first kappa shape index (κ1) is 38.4. The lowest BCUT2D eigenvalue weighted by Gasteiger charge is -2.40. The molecule has 3 aliphatic rings. The molecule has 3 aliphatic heterocycles. The second-order valence-corrected chi connectivity index (χ2v) is 15.3. The van der Waals surface area contributed by atoms with Crippen molar-refractivity contribution in [3.8, 4) is 0 Å². The van der Waals surface area contributed by atoms with E-state index in [-0.39, 0.29) is 35.6 Å². The summed E-state index contributed by atoms with van der Waals surface area (Å²) in [4.78, 5) is 61.7. The molecule has 0 aromatic heterocycles. The Bertz CT molecular complexity index is 1590. The van der Waals surface area contributed by atoms with Crippen LogP contribution in [0.1, 0.15) is 57.3 Å². The van der Waals surface area contributed by atoms with Gasteiger partial charge in [-0.05, 0) is 51.2 Å². The Morgan fingerprint density at radius 2 is 1.73 bits per heavy atom. The first-order valence-electron chi connectivity index (χ1n) is 17.7. The fraction of sp³-hybridized carbons (Fsp3) is 0.500. The summed E-state index contributed by atoms with van der Waals surface area (Å²) in [6.07, 6.45) is 3.14. The van der Waals surface area contributed by atoms with E-state index >= 15 is 0 Å². The van der Waals surface area contributed by atoms with E-state index < -0.39 is 66.3 Å². The number of ether oxygens (including phenoxy) is 2. The van der Waals surface area contributed by atoms with E-state index in [0.717, 1.165) is 5.56 Å². The highest BCUT2D eigenvalue weighted by Crippen LogP contribution is 2.61. The van der Waals surface area contributed by atoms with E-state index in [4.69, 9.17) is 9.47 Å². The molecule has 2 aromatic carbocycles. The Morgan fingerprint density at radius 1 is 1.08 bits per heavy atom. The van der Waals surface area contributed by atoms with Crippen LogP contribution in [0.15, 0.2) is 86.0 Å². The van der Waals surface area contributed by atoms with Gasteiger partial charge in [0, 0.05) is 30.9 Å². The number of aliphatic hydroxyl groups is 1. The number of rotatable bonds is 16. The average molecular weight is 765 g/mol. The van der Waals surface area contributed by atoms with Crippen LogP contribution in [0.2, 0.25) is 0 Å². The predicted octanol–water partition coefficient (Wildman–Crippen LogP) is 4.86. The number of halogens is 1. The molecule has 9 atom stereocenters. The molecule has 10 nitrogen and oxygen atoms in total. The zero-order valence-corrected chi connectivity index (χ0v) is 31.5. The van der Waals surface area contributed by atoms with Gasteiger partial charge in [0.2, 0.25) is 17.7 Å². The molecule has 3 fully saturated rings. The second-order valence-electron chi connectivity index (χ2n) is 14.1. The molecule has 1 N–H and O–H groups in total. The van der Waals surface area contributed by atoms with Crippen LogP contribution in [-0.4, -0.2) is 104 Å². The number of carbonyl (C=O) groups excluding carboxylic acids is 4. The van der Waals surface area contributed by atoms with E-state index in [1.807, 2.05) is 81.4 Å². The van der Waals surface area contributed by atoms with Crippen LogP contribution in [0.5, 0.6) is 0 Å². The summed E-state index contributed by atoms with van der Waals surface area (Å²) < 4.78 is 13.1. The topological polar surface area (TPSA) is 117 Å². The molecular formula is C40H50BrN3O7. The van der Waals surface area contributed by atoms with Gasteiger partial charge in [0.15, 0.2) is 0 Å². The number of allylic oxidation sites excluding steroid dienone is 1. The van der Waals surface area contributed by atoms with Crippen LogP contribution in [-0.2, 0) is 35.1 Å². The average Bonchev–Trinajstić information content (AvgIpc) is 3.73. The molecule has 274 valence electrons. The van der Waals surface area contributed by atoms with E-state index in [9.17, 15) is 24.3 Å². The van der Waals surface area contributed by atoms with Crippen LogP contribution in [0.4, 0.5) is 0 Å². The van der Waals surface area contributed by atoms with Crippen molar-refractivity contribution in [2.24, 2.45) is 11.8 Å². The first-order chi connectivity index (χ1) is 24.4. The third-order valence-electron chi connectivity index (χ3n) is 10.8. The summed E-state index contributed by atoms with van der Waals surface area (Å²) in [5.74, 6) is -3.57. The molecule has 3 amide bonds. The lowest BCUT2D eigenvalue weighted by molar-refractivity contribution is -0.165. The van der Waals surface area contributed by atoms with Crippen molar-refractivity contribution in [3.63, 3.8) is 0 Å². The van der Waals surface area contributed by atoms with Crippen LogP contribution in [0.3, 0.4) is 0 Å². The lowest BCUT2D eigenvalue weighted by Crippen LogP contribution is -2.60. The summed E-state index contributed by atoms with van der Waals surface area (Å²) in [6.45, 7) is 13.1. The molecule has 1 unspecified atom stereocenters. The smallest absolute Gasteiger partial charge is 0.313 e. The summed E-state index contributed by atoms with van der Waals surface area (Å²) in [5.41, 5.74) is 0.242. The minimum absolute atomic E-state index is 0.118. The van der Waals surface area contributed by atoms with E-state index in [0.29, 0.717) is 24.8 Å². The van der Waals surface area contributed by atoms with Gasteiger partial charge in [0.25, 0.3) is 0 Å². The SMILES string of the molecule is C=CCCC(=O)N(C)[C@H](C)[C@H](OC(=O)[C@H]1[C@@H]2O[C@@]3(CC2Br)[C@@H]1C(=O)N([C@@H](CO)Cc1ccccc1)[C@@H]3C(=O)N(CC=C)C(C)C)c1ccccc1. The predicted molar refractivity (Wildman–Crippen MR) is 198 cm³/mol. The van der Waals surface area contributed by atoms with Gasteiger partial charge in [0.1, 0.15) is 17.7 Å². The molecule has 11 heteroatoms. The van der Waals surface area contributed by atoms with Gasteiger partial charge in [-0.1, -0.05) is 88.7 Å². The number of amides is 3. The molecule has 5 rings (SSSR count). The molecule has 51 heavy (non-hydrogen) atoms. The number of aliphatic hydroxyl groups excluding tert-OH is 1. The zero-order chi connectivity index (χ0) is 37.0. The molecule has 0 saturated carbocycles. The summed E-state index contributed by atoms with van der Waals surface area (Å²) in [6, 6.07) is 16.1. The van der Waals surface area contributed by atoms with E-state index in [2.05, 4.69) is 29.1 Å². The fourth-order valence-electron chi connectivity index (χ4n) is 8.12. The number of carbonyl (C=O) groups is 4. The highest BCUT2D eigenvalue weighted by Gasteiger charge is 2.77. The third kappa shape index (κ3) is 7.30. The molecule has 2 aromatic rings.